The number of hydrogen-bond donors (Lipinski definition) is 1. The zero-order valence-electron chi connectivity index (χ0n) is 7.03. The molecule has 0 saturated heterocycles. The summed E-state index contributed by atoms with van der Waals surface area (Å²) in [4.78, 5) is 14.3. The maximum atomic E-state index is 10.2. The van der Waals surface area contributed by atoms with E-state index in [0.29, 0.717) is 6.54 Å². The van der Waals surface area contributed by atoms with Gasteiger partial charge in [-0.2, -0.15) is 0 Å². The number of aldehydes is 1. The molecule has 0 aliphatic carbocycles. The molecule has 1 rings (SSSR count). The summed E-state index contributed by atoms with van der Waals surface area (Å²) in [5, 5.41) is 3.02. The van der Waals surface area contributed by atoms with Gasteiger partial charge < -0.3 is 10.1 Å². The minimum Gasteiger partial charge on any atom is -0.302 e. The summed E-state index contributed by atoms with van der Waals surface area (Å²) >= 11 is 0. The average molecular weight is 164 g/mol. The van der Waals surface area contributed by atoms with Crippen LogP contribution in [0, 0.1) is 0 Å². The molecule has 0 aliphatic heterocycles. The number of rotatable bonds is 4. The predicted octanol–water partition coefficient (Wildman–Crippen LogP) is 0.759. The molecule has 12 heavy (non-hydrogen) atoms. The number of aromatic nitrogens is 1. The molecule has 0 amide bonds. The van der Waals surface area contributed by atoms with Crippen molar-refractivity contribution in [3.05, 3.63) is 30.1 Å². The summed E-state index contributed by atoms with van der Waals surface area (Å²) in [7, 11) is 0. The third kappa shape index (κ3) is 2.80. The monoisotopic (exact) mass is 164 g/mol. The summed E-state index contributed by atoms with van der Waals surface area (Å²) in [6.07, 6.45) is 2.62. The summed E-state index contributed by atoms with van der Waals surface area (Å²) in [6, 6.07) is 5.61. The molecule has 0 aromatic carbocycles. The Morgan fingerprint density at radius 2 is 2.50 bits per heavy atom. The van der Waals surface area contributed by atoms with Crippen LogP contribution in [0.25, 0.3) is 0 Å². The van der Waals surface area contributed by atoms with Gasteiger partial charge >= 0.3 is 0 Å². The summed E-state index contributed by atoms with van der Waals surface area (Å²) < 4.78 is 0. The number of nitrogens with zero attached hydrogens (tertiary/aromatic N) is 1. The number of hydrogen-bond acceptors (Lipinski definition) is 3. The fourth-order valence-electron chi connectivity index (χ4n) is 0.816. The lowest BCUT2D eigenvalue weighted by atomic mass is 10.3. The van der Waals surface area contributed by atoms with E-state index in [1.54, 1.807) is 6.20 Å². The Hall–Kier alpha value is -1.22. The highest BCUT2D eigenvalue weighted by molar-refractivity contribution is 5.56. The van der Waals surface area contributed by atoms with E-state index in [1.807, 2.05) is 25.1 Å². The smallest absolute Gasteiger partial charge is 0.136 e. The minimum atomic E-state index is -0.105. The average Bonchev–Trinajstić information content (AvgIpc) is 2.16. The van der Waals surface area contributed by atoms with Crippen molar-refractivity contribution in [3.8, 4) is 0 Å². The first-order valence-corrected chi connectivity index (χ1v) is 3.91. The summed E-state index contributed by atoms with van der Waals surface area (Å²) in [6.45, 7) is 2.46. The van der Waals surface area contributed by atoms with Gasteiger partial charge in [-0.25, -0.2) is 0 Å². The third-order valence-electron chi connectivity index (χ3n) is 1.54. The van der Waals surface area contributed by atoms with Crippen LogP contribution in [0.2, 0.25) is 0 Å². The molecule has 3 heteroatoms. The van der Waals surface area contributed by atoms with Gasteiger partial charge in [0.1, 0.15) is 6.29 Å². The van der Waals surface area contributed by atoms with E-state index >= 15 is 0 Å². The van der Waals surface area contributed by atoms with Crippen molar-refractivity contribution >= 4 is 6.29 Å². The van der Waals surface area contributed by atoms with E-state index in [9.17, 15) is 4.79 Å². The molecule has 0 saturated carbocycles. The van der Waals surface area contributed by atoms with Crippen molar-refractivity contribution < 1.29 is 4.79 Å². The third-order valence-corrected chi connectivity index (χ3v) is 1.54. The van der Waals surface area contributed by atoms with Crippen molar-refractivity contribution in [1.29, 1.82) is 0 Å². The lowest BCUT2D eigenvalue weighted by molar-refractivity contribution is -0.109. The second-order valence-electron chi connectivity index (χ2n) is 2.63. The highest BCUT2D eigenvalue weighted by Gasteiger charge is 1.97. The standard InChI is InChI=1S/C9H12N2O/c1-8(7-12)11-6-9-4-2-3-5-10-9/h2-5,7-8,11H,6H2,1H3. The van der Waals surface area contributed by atoms with Crippen LogP contribution in [0.4, 0.5) is 0 Å². The Labute approximate surface area is 71.8 Å². The maximum Gasteiger partial charge on any atom is 0.136 e. The predicted molar refractivity (Wildman–Crippen MR) is 46.6 cm³/mol. The van der Waals surface area contributed by atoms with Gasteiger partial charge in [-0.3, -0.25) is 4.98 Å². The van der Waals surface area contributed by atoms with Crippen LogP contribution in [-0.4, -0.2) is 17.3 Å². The van der Waals surface area contributed by atoms with Gasteiger partial charge in [0.05, 0.1) is 11.7 Å². The second kappa shape index (κ2) is 4.62. The van der Waals surface area contributed by atoms with Crippen molar-refractivity contribution in [2.45, 2.75) is 19.5 Å². The Balaban J connectivity index is 2.38. The molecule has 3 nitrogen and oxygen atoms in total. The van der Waals surface area contributed by atoms with E-state index in [-0.39, 0.29) is 6.04 Å². The molecule has 0 spiro atoms. The highest BCUT2D eigenvalue weighted by Crippen LogP contribution is 1.92. The Bertz CT molecular complexity index is 236. The maximum absolute atomic E-state index is 10.2. The molecular weight excluding hydrogens is 152 g/mol. The number of nitrogens with one attached hydrogen (secondary N) is 1. The van der Waals surface area contributed by atoms with Gasteiger partial charge in [0, 0.05) is 12.7 Å². The van der Waals surface area contributed by atoms with E-state index in [2.05, 4.69) is 10.3 Å². The van der Waals surface area contributed by atoms with E-state index in [1.165, 1.54) is 0 Å². The molecule has 0 fully saturated rings. The van der Waals surface area contributed by atoms with Crippen LogP contribution in [-0.2, 0) is 11.3 Å². The van der Waals surface area contributed by atoms with Crippen molar-refractivity contribution in [2.75, 3.05) is 0 Å². The number of carbonyl (C=O) groups excluding carboxylic acids is 1. The Morgan fingerprint density at radius 1 is 1.67 bits per heavy atom. The Morgan fingerprint density at radius 3 is 3.08 bits per heavy atom. The molecule has 0 bridgehead atoms. The Kier molecular flexibility index (Phi) is 3.41. The van der Waals surface area contributed by atoms with Crippen LogP contribution in [0.1, 0.15) is 12.6 Å². The zero-order valence-corrected chi connectivity index (χ0v) is 7.03. The topological polar surface area (TPSA) is 42.0 Å². The normalized spacial score (nSPS) is 12.4. The molecule has 1 N–H and O–H groups in total. The van der Waals surface area contributed by atoms with Gasteiger partial charge in [0.15, 0.2) is 0 Å². The number of pyridine rings is 1. The van der Waals surface area contributed by atoms with Gasteiger partial charge in [-0.1, -0.05) is 6.07 Å². The summed E-state index contributed by atoms with van der Waals surface area (Å²) in [5.41, 5.74) is 0.950. The van der Waals surface area contributed by atoms with Crippen LogP contribution >= 0.6 is 0 Å². The largest absolute Gasteiger partial charge is 0.302 e. The molecule has 0 radical (unpaired) electrons. The van der Waals surface area contributed by atoms with Crippen LogP contribution in [0.15, 0.2) is 24.4 Å². The van der Waals surface area contributed by atoms with Crippen molar-refractivity contribution in [3.63, 3.8) is 0 Å². The first-order chi connectivity index (χ1) is 5.83. The summed E-state index contributed by atoms with van der Waals surface area (Å²) in [5.74, 6) is 0. The first-order valence-electron chi connectivity index (χ1n) is 3.91. The quantitative estimate of drug-likeness (QED) is 0.668. The molecule has 0 aliphatic rings. The van der Waals surface area contributed by atoms with Gasteiger partial charge in [-0.15, -0.1) is 0 Å². The van der Waals surface area contributed by atoms with E-state index < -0.39 is 0 Å². The second-order valence-corrected chi connectivity index (χ2v) is 2.63. The van der Waals surface area contributed by atoms with Crippen LogP contribution in [0.5, 0.6) is 0 Å². The highest BCUT2D eigenvalue weighted by atomic mass is 16.1. The SMILES string of the molecule is CC(C=O)NCc1ccccn1. The van der Waals surface area contributed by atoms with Crippen molar-refractivity contribution in [2.24, 2.45) is 0 Å². The van der Waals surface area contributed by atoms with Crippen LogP contribution < -0.4 is 5.32 Å². The molecule has 1 heterocycles. The molecule has 1 aromatic heterocycles. The number of carbonyl (C=O) groups is 1. The molecule has 1 atom stereocenters. The molecule has 1 aromatic rings. The van der Waals surface area contributed by atoms with E-state index in [0.717, 1.165) is 12.0 Å². The fourth-order valence-corrected chi connectivity index (χ4v) is 0.816. The first kappa shape index (κ1) is 8.87. The van der Waals surface area contributed by atoms with Crippen LogP contribution in [0.3, 0.4) is 0 Å². The van der Waals surface area contributed by atoms with Gasteiger partial charge in [0.2, 0.25) is 0 Å². The lowest BCUT2D eigenvalue weighted by Gasteiger charge is -2.05. The fraction of sp³-hybridized carbons (Fsp3) is 0.333. The van der Waals surface area contributed by atoms with E-state index in [4.69, 9.17) is 0 Å². The molecule has 1 unspecified atom stereocenters. The molecule has 64 valence electrons. The van der Waals surface area contributed by atoms with Gasteiger partial charge in [-0.05, 0) is 19.1 Å². The molecular formula is C9H12N2O. The van der Waals surface area contributed by atoms with Crippen molar-refractivity contribution in [1.82, 2.24) is 10.3 Å². The lowest BCUT2D eigenvalue weighted by Crippen LogP contribution is -2.26. The zero-order chi connectivity index (χ0) is 8.81. The van der Waals surface area contributed by atoms with Gasteiger partial charge in [0.25, 0.3) is 0 Å². The minimum absolute atomic E-state index is 0.105.